The van der Waals surface area contributed by atoms with E-state index in [1.165, 1.54) is 0 Å². The Morgan fingerprint density at radius 1 is 1.38 bits per heavy atom. The van der Waals surface area contributed by atoms with Gasteiger partial charge in [-0.2, -0.15) is 0 Å². The van der Waals surface area contributed by atoms with Gasteiger partial charge in [-0.15, -0.1) is 0 Å². The van der Waals surface area contributed by atoms with E-state index in [0.717, 1.165) is 31.3 Å². The van der Waals surface area contributed by atoms with Crippen LogP contribution < -0.4 is 10.0 Å². The Morgan fingerprint density at radius 3 is 2.62 bits per heavy atom. The fourth-order valence-electron chi connectivity index (χ4n) is 1.16. The Morgan fingerprint density at radius 2 is 2.12 bits per heavy atom. The summed E-state index contributed by atoms with van der Waals surface area (Å²) in [6.07, 6.45) is 4.95. The van der Waals surface area contributed by atoms with Crippen molar-refractivity contribution in [2.24, 2.45) is 0 Å². The van der Waals surface area contributed by atoms with Crippen molar-refractivity contribution in [2.45, 2.75) is 19.8 Å². The van der Waals surface area contributed by atoms with Crippen molar-refractivity contribution in [2.75, 3.05) is 22.8 Å². The van der Waals surface area contributed by atoms with Gasteiger partial charge in [0.15, 0.2) is 0 Å². The number of anilines is 2. The predicted molar refractivity (Wildman–Crippen MR) is 66.1 cm³/mol. The number of aromatic nitrogens is 1. The van der Waals surface area contributed by atoms with Crippen LogP contribution in [0.5, 0.6) is 0 Å². The number of nitrogens with zero attached hydrogens (tertiary/aromatic N) is 1. The minimum absolute atomic E-state index is 0.337. The van der Waals surface area contributed by atoms with Gasteiger partial charge in [-0.3, -0.25) is 4.72 Å². The molecule has 0 aromatic carbocycles. The second-order valence-electron chi connectivity index (χ2n) is 3.59. The molecule has 2 N–H and O–H groups in total. The summed E-state index contributed by atoms with van der Waals surface area (Å²) in [7, 11) is -3.24. The molecule has 0 unspecified atom stereocenters. The molecule has 0 radical (unpaired) electrons. The molecule has 6 heteroatoms. The molecule has 0 spiro atoms. The summed E-state index contributed by atoms with van der Waals surface area (Å²) in [6, 6.07) is 3.44. The molecule has 1 aromatic heterocycles. The van der Waals surface area contributed by atoms with Crippen molar-refractivity contribution in [3.63, 3.8) is 0 Å². The molecular formula is C10H17N3O2S. The van der Waals surface area contributed by atoms with E-state index in [-0.39, 0.29) is 0 Å². The second-order valence-corrected chi connectivity index (χ2v) is 5.34. The quantitative estimate of drug-likeness (QED) is 0.745. The van der Waals surface area contributed by atoms with Crippen molar-refractivity contribution < 1.29 is 8.42 Å². The highest BCUT2D eigenvalue weighted by atomic mass is 32.2. The molecule has 16 heavy (non-hydrogen) atoms. The lowest BCUT2D eigenvalue weighted by atomic mass is 10.3. The van der Waals surface area contributed by atoms with E-state index in [9.17, 15) is 8.42 Å². The average molecular weight is 243 g/mol. The van der Waals surface area contributed by atoms with Gasteiger partial charge in [-0.05, 0) is 18.6 Å². The topological polar surface area (TPSA) is 71.1 Å². The highest BCUT2D eigenvalue weighted by Gasteiger charge is 2.02. The van der Waals surface area contributed by atoms with Crippen molar-refractivity contribution in [1.82, 2.24) is 4.98 Å². The lowest BCUT2D eigenvalue weighted by molar-refractivity contribution is 0.606. The lowest BCUT2D eigenvalue weighted by Crippen LogP contribution is -2.10. The third-order valence-electron chi connectivity index (χ3n) is 1.91. The third kappa shape index (κ3) is 4.97. The van der Waals surface area contributed by atoms with Gasteiger partial charge in [0, 0.05) is 6.54 Å². The highest BCUT2D eigenvalue weighted by Crippen LogP contribution is 2.10. The maximum atomic E-state index is 10.9. The van der Waals surface area contributed by atoms with Crippen LogP contribution in [-0.2, 0) is 10.0 Å². The Balaban J connectivity index is 2.54. The summed E-state index contributed by atoms with van der Waals surface area (Å²) in [5.41, 5.74) is 0.896. The molecule has 0 amide bonds. The lowest BCUT2D eigenvalue weighted by Gasteiger charge is -2.06. The van der Waals surface area contributed by atoms with Crippen LogP contribution in [0.4, 0.5) is 11.5 Å². The van der Waals surface area contributed by atoms with Gasteiger partial charge in [0.25, 0.3) is 0 Å². The predicted octanol–water partition coefficient (Wildman–Crippen LogP) is 1.67. The van der Waals surface area contributed by atoms with E-state index < -0.39 is 10.0 Å². The summed E-state index contributed by atoms with van der Waals surface area (Å²) >= 11 is 0. The Bertz CT molecular complexity index is 414. The largest absolute Gasteiger partial charge is 0.384 e. The van der Waals surface area contributed by atoms with Crippen molar-refractivity contribution >= 4 is 21.5 Å². The minimum Gasteiger partial charge on any atom is -0.384 e. The maximum absolute atomic E-state index is 10.9. The fraction of sp³-hybridized carbons (Fsp3) is 0.500. The second kappa shape index (κ2) is 5.69. The van der Waals surface area contributed by atoms with Crippen molar-refractivity contribution in [3.8, 4) is 0 Å². The molecule has 0 saturated carbocycles. The van der Waals surface area contributed by atoms with E-state index in [1.807, 2.05) is 0 Å². The monoisotopic (exact) mass is 243 g/mol. The van der Waals surface area contributed by atoms with Gasteiger partial charge >= 0.3 is 0 Å². The van der Waals surface area contributed by atoms with Crippen LogP contribution in [0.3, 0.4) is 0 Å². The fourth-order valence-corrected chi connectivity index (χ4v) is 1.66. The van der Waals surface area contributed by atoms with Gasteiger partial charge in [-0.1, -0.05) is 13.3 Å². The maximum Gasteiger partial charge on any atom is 0.230 e. The van der Waals surface area contributed by atoms with Crippen LogP contribution in [0.2, 0.25) is 0 Å². The normalized spacial score (nSPS) is 11.1. The molecule has 90 valence electrons. The van der Waals surface area contributed by atoms with E-state index >= 15 is 0 Å². The Hall–Kier alpha value is -1.30. The summed E-state index contributed by atoms with van der Waals surface area (Å²) in [6.45, 7) is 3.02. The molecule has 1 rings (SSSR count). The number of pyridine rings is 1. The van der Waals surface area contributed by atoms with Gasteiger partial charge in [0.05, 0.1) is 18.1 Å². The average Bonchev–Trinajstić information content (AvgIpc) is 2.19. The standard InChI is InChI=1S/C10H17N3O2S/c1-3-4-7-11-9-5-6-10(12-8-9)13-16(2,14)15/h5-6,8,11H,3-4,7H2,1-2H3,(H,12,13). The highest BCUT2D eigenvalue weighted by molar-refractivity contribution is 7.92. The molecule has 0 aliphatic heterocycles. The summed E-state index contributed by atoms with van der Waals surface area (Å²) in [5, 5.41) is 3.20. The summed E-state index contributed by atoms with van der Waals surface area (Å²) in [4.78, 5) is 3.99. The zero-order valence-electron chi connectivity index (χ0n) is 9.53. The zero-order chi connectivity index (χ0) is 12.0. The van der Waals surface area contributed by atoms with Crippen LogP contribution in [0, 0.1) is 0 Å². The number of nitrogens with one attached hydrogen (secondary N) is 2. The molecule has 0 bridgehead atoms. The minimum atomic E-state index is -3.24. The molecule has 1 heterocycles. The van der Waals surface area contributed by atoms with Crippen LogP contribution in [0.25, 0.3) is 0 Å². The Labute approximate surface area is 96.3 Å². The van der Waals surface area contributed by atoms with E-state index in [0.29, 0.717) is 5.82 Å². The zero-order valence-corrected chi connectivity index (χ0v) is 10.3. The van der Waals surface area contributed by atoms with Crippen molar-refractivity contribution in [1.29, 1.82) is 0 Å². The smallest absolute Gasteiger partial charge is 0.230 e. The first-order valence-electron chi connectivity index (χ1n) is 5.19. The Kier molecular flexibility index (Phi) is 4.54. The molecule has 1 aromatic rings. The van der Waals surface area contributed by atoms with Gasteiger partial charge in [-0.25, -0.2) is 13.4 Å². The molecule has 0 aliphatic carbocycles. The number of hydrogen-bond donors (Lipinski definition) is 2. The molecule has 0 saturated heterocycles. The molecule has 5 nitrogen and oxygen atoms in total. The third-order valence-corrected chi connectivity index (χ3v) is 2.49. The summed E-state index contributed by atoms with van der Waals surface area (Å²) in [5.74, 6) is 0.337. The van der Waals surface area contributed by atoms with E-state index in [1.54, 1.807) is 18.3 Å². The van der Waals surface area contributed by atoms with Gasteiger partial charge in [0.1, 0.15) is 5.82 Å². The van der Waals surface area contributed by atoms with Gasteiger partial charge < -0.3 is 5.32 Å². The molecule has 0 aliphatic rings. The van der Waals surface area contributed by atoms with Crippen LogP contribution in [-0.4, -0.2) is 26.2 Å². The molecule has 0 atom stereocenters. The number of sulfonamides is 1. The number of hydrogen-bond acceptors (Lipinski definition) is 4. The first-order chi connectivity index (χ1) is 7.51. The van der Waals surface area contributed by atoms with Gasteiger partial charge in [0.2, 0.25) is 10.0 Å². The molecular weight excluding hydrogens is 226 g/mol. The number of rotatable bonds is 6. The van der Waals surface area contributed by atoms with Crippen LogP contribution >= 0.6 is 0 Å². The first kappa shape index (κ1) is 12.8. The van der Waals surface area contributed by atoms with Crippen molar-refractivity contribution in [3.05, 3.63) is 18.3 Å². The molecule has 0 fully saturated rings. The SMILES string of the molecule is CCCCNc1ccc(NS(C)(=O)=O)nc1. The number of unbranched alkanes of at least 4 members (excludes halogenated alkanes) is 1. The van der Waals surface area contributed by atoms with Crippen LogP contribution in [0.1, 0.15) is 19.8 Å². The van der Waals surface area contributed by atoms with Crippen LogP contribution in [0.15, 0.2) is 18.3 Å². The van der Waals surface area contributed by atoms with E-state index in [2.05, 4.69) is 21.9 Å². The summed E-state index contributed by atoms with van der Waals surface area (Å²) < 4.78 is 24.2. The first-order valence-corrected chi connectivity index (χ1v) is 7.08. The van der Waals surface area contributed by atoms with E-state index in [4.69, 9.17) is 0 Å².